The molecule has 0 aliphatic rings. The Hall–Kier alpha value is -2.24. The average Bonchev–Trinajstić information content (AvgIpc) is 2.81. The second-order valence-electron chi connectivity index (χ2n) is 9.08. The van der Waals surface area contributed by atoms with Crippen molar-refractivity contribution in [3.63, 3.8) is 0 Å². The second-order valence-corrected chi connectivity index (χ2v) is 17.7. The molecular formula is C28H41BO8Pb. The van der Waals surface area contributed by atoms with Gasteiger partial charge in [0.15, 0.2) is 0 Å². The van der Waals surface area contributed by atoms with Crippen LogP contribution >= 0.6 is 0 Å². The van der Waals surface area contributed by atoms with E-state index in [-0.39, 0.29) is 0 Å². The molecule has 0 aromatic heterocycles. The maximum absolute atomic E-state index is 11.7. The average molecular weight is 724 g/mol. The van der Waals surface area contributed by atoms with Crippen molar-refractivity contribution >= 4 is 56.1 Å². The molecule has 0 aliphatic heterocycles. The second kappa shape index (κ2) is 15.4. The number of carbonyl (C=O) groups excluding carboxylic acids is 3. The Morgan fingerprint density at radius 3 is 1.18 bits per heavy atom. The minimum Gasteiger partial charge on any atom is -0.423 e. The van der Waals surface area contributed by atoms with Gasteiger partial charge in [-0.3, -0.25) is 0 Å². The van der Waals surface area contributed by atoms with Crippen molar-refractivity contribution in [1.29, 1.82) is 0 Å². The molecule has 0 heterocycles. The molecule has 0 aliphatic carbocycles. The van der Waals surface area contributed by atoms with Crippen LogP contribution in [0.25, 0.3) is 0 Å². The Morgan fingerprint density at radius 2 is 0.947 bits per heavy atom. The molecule has 2 rings (SSSR count). The summed E-state index contributed by atoms with van der Waals surface area (Å²) in [5.74, 6) is -1.91. The summed E-state index contributed by atoms with van der Waals surface area (Å²) in [6.45, 7) is 15.6. The molecule has 208 valence electrons. The molecule has 0 saturated heterocycles. The largest absolute Gasteiger partial charge is 0.488 e. The SMILES string of the molecule is CCc1cc(C)cc(CC)[c]1[Pb]([O]C(C)=O)([O]C(C)=O)[O]C(C)=O.CCc1cc(C)cc(CC)c1B(O)O. The minimum absolute atomic E-state index is 0.610. The monoisotopic (exact) mass is 724 g/mol. The van der Waals surface area contributed by atoms with Crippen molar-refractivity contribution in [3.05, 3.63) is 57.6 Å². The van der Waals surface area contributed by atoms with Gasteiger partial charge in [0, 0.05) is 0 Å². The van der Waals surface area contributed by atoms with Crippen molar-refractivity contribution in [2.24, 2.45) is 0 Å². The first kappa shape index (κ1) is 33.8. The van der Waals surface area contributed by atoms with Gasteiger partial charge in [-0.05, 0) is 36.4 Å². The van der Waals surface area contributed by atoms with Gasteiger partial charge in [-0.2, -0.15) is 0 Å². The normalized spacial score (nSPS) is 10.7. The number of rotatable bonds is 9. The number of benzene rings is 2. The van der Waals surface area contributed by atoms with Gasteiger partial charge in [-0.15, -0.1) is 0 Å². The summed E-state index contributed by atoms with van der Waals surface area (Å²) in [7, 11) is -1.35. The van der Waals surface area contributed by atoms with Crippen molar-refractivity contribution in [2.45, 2.75) is 88.0 Å². The molecule has 0 unspecified atom stereocenters. The van der Waals surface area contributed by atoms with Crippen molar-refractivity contribution in [2.75, 3.05) is 0 Å². The van der Waals surface area contributed by atoms with Gasteiger partial charge in [0.2, 0.25) is 0 Å². The molecule has 10 heteroatoms. The van der Waals surface area contributed by atoms with E-state index in [0.29, 0.717) is 21.4 Å². The smallest absolute Gasteiger partial charge is 0.423 e. The van der Waals surface area contributed by atoms with E-state index >= 15 is 0 Å². The summed E-state index contributed by atoms with van der Waals surface area (Å²) in [5, 5.41) is 18.6. The van der Waals surface area contributed by atoms with Crippen LogP contribution in [0.5, 0.6) is 0 Å². The molecular weight excluding hydrogens is 682 g/mol. The number of hydrogen-bond donors (Lipinski definition) is 2. The summed E-state index contributed by atoms with van der Waals surface area (Å²) < 4.78 is 17.0. The first-order valence-electron chi connectivity index (χ1n) is 12.9. The third-order valence-electron chi connectivity index (χ3n) is 5.86. The first-order chi connectivity index (χ1) is 17.7. The number of hydrogen-bond acceptors (Lipinski definition) is 8. The van der Waals surface area contributed by atoms with Gasteiger partial charge in [-0.25, -0.2) is 0 Å². The Labute approximate surface area is 233 Å². The van der Waals surface area contributed by atoms with Gasteiger partial charge < -0.3 is 10.0 Å². The zero-order valence-electron chi connectivity index (χ0n) is 24.1. The van der Waals surface area contributed by atoms with Crippen molar-refractivity contribution in [1.82, 2.24) is 0 Å². The number of carbonyl (C=O) groups is 3. The van der Waals surface area contributed by atoms with Gasteiger partial charge in [-0.1, -0.05) is 31.5 Å². The van der Waals surface area contributed by atoms with Gasteiger partial charge in [0.05, 0.1) is 0 Å². The van der Waals surface area contributed by atoms with E-state index in [1.807, 2.05) is 65.8 Å². The molecule has 2 aromatic rings. The summed E-state index contributed by atoms with van der Waals surface area (Å²) in [5.41, 5.74) is 6.75. The van der Waals surface area contributed by atoms with Crippen LogP contribution in [-0.2, 0) is 48.1 Å². The molecule has 38 heavy (non-hydrogen) atoms. The number of aryl methyl sites for hydroxylation is 6. The van der Waals surface area contributed by atoms with Crippen LogP contribution in [0, 0.1) is 13.8 Å². The summed E-state index contributed by atoms with van der Waals surface area (Å²) in [6.07, 6.45) is 2.94. The predicted octanol–water partition coefficient (Wildman–Crippen LogP) is 2.75. The zero-order chi connectivity index (χ0) is 29.2. The summed E-state index contributed by atoms with van der Waals surface area (Å²) in [6, 6.07) is 7.93. The van der Waals surface area contributed by atoms with Crippen LogP contribution in [0.3, 0.4) is 0 Å². The van der Waals surface area contributed by atoms with Gasteiger partial charge in [0.1, 0.15) is 0 Å². The fraction of sp³-hybridized carbons (Fsp3) is 0.464. The van der Waals surface area contributed by atoms with Crippen molar-refractivity contribution < 1.29 is 32.5 Å². The van der Waals surface area contributed by atoms with Crippen LogP contribution in [0.2, 0.25) is 0 Å². The van der Waals surface area contributed by atoms with Crippen LogP contribution < -0.4 is 8.59 Å². The van der Waals surface area contributed by atoms with Crippen molar-refractivity contribution in [3.8, 4) is 0 Å². The molecule has 0 fully saturated rings. The van der Waals surface area contributed by atoms with Crippen LogP contribution in [-0.4, -0.2) is 57.6 Å². The molecule has 8 nitrogen and oxygen atoms in total. The Balaban J connectivity index is 0.000000437. The van der Waals surface area contributed by atoms with E-state index in [2.05, 4.69) is 0 Å². The Morgan fingerprint density at radius 1 is 0.658 bits per heavy atom. The fourth-order valence-electron chi connectivity index (χ4n) is 4.55. The maximum atomic E-state index is 11.7. The summed E-state index contributed by atoms with van der Waals surface area (Å²) >= 11 is -5.17. The topological polar surface area (TPSA) is 119 Å². The first-order valence-corrected chi connectivity index (χ1v) is 19.6. The Kier molecular flexibility index (Phi) is 13.7. The molecule has 0 atom stereocenters. The molecule has 0 bridgehead atoms. The molecule has 2 aromatic carbocycles. The maximum Gasteiger partial charge on any atom is 0.488 e. The van der Waals surface area contributed by atoms with Crippen LogP contribution in [0.15, 0.2) is 24.3 Å². The van der Waals surface area contributed by atoms with Gasteiger partial charge in [0.25, 0.3) is 0 Å². The van der Waals surface area contributed by atoms with E-state index in [1.165, 1.54) is 26.3 Å². The van der Waals surface area contributed by atoms with Crippen LogP contribution in [0.1, 0.15) is 81.8 Å². The zero-order valence-corrected chi connectivity index (χ0v) is 27.9. The predicted molar refractivity (Wildman–Crippen MR) is 150 cm³/mol. The third-order valence-corrected chi connectivity index (χ3v) is 17.2. The quantitative estimate of drug-likeness (QED) is 0.380. The summed E-state index contributed by atoms with van der Waals surface area (Å²) in [4.78, 5) is 35.1. The van der Waals surface area contributed by atoms with E-state index in [1.54, 1.807) is 0 Å². The fourth-order valence-corrected chi connectivity index (χ4v) is 15.6. The molecule has 0 saturated carbocycles. The minimum atomic E-state index is -5.17. The molecule has 0 radical (unpaired) electrons. The molecule has 0 amide bonds. The standard InChI is InChI=1S/C11H17BO2.C11H15.3C2H4O2.Pb/c1-4-9-6-8(3)7-10(5-2)11(9)12(13)14;1-4-10-6-9(3)7-11(5-2)8-10;3*1-2(3)4;/h6-7,13-14H,4-5H2,1-3H3;6-7H,4-5H2,1-3H3;3*1H3,(H,3,4);/q;;;;;+3/p-3. The third kappa shape index (κ3) is 9.20. The van der Waals surface area contributed by atoms with Gasteiger partial charge >= 0.3 is 156 Å². The van der Waals surface area contributed by atoms with E-state index < -0.39 is 47.6 Å². The van der Waals surface area contributed by atoms with E-state index in [4.69, 9.17) is 8.06 Å². The molecule has 0 spiro atoms. The Bertz CT molecular complexity index is 1050. The van der Waals surface area contributed by atoms with Crippen LogP contribution in [0.4, 0.5) is 0 Å². The van der Waals surface area contributed by atoms with E-state index in [9.17, 15) is 24.4 Å². The molecule has 2 N–H and O–H groups in total. The van der Waals surface area contributed by atoms with E-state index in [0.717, 1.165) is 40.7 Å².